The maximum Gasteiger partial charge on any atom is 0.105 e. The van der Waals surface area contributed by atoms with Crippen LogP contribution in [0.1, 0.15) is 26.6 Å². The molecule has 4 nitrogen and oxygen atoms in total. The molecule has 1 atom stereocenters. The van der Waals surface area contributed by atoms with Crippen LogP contribution in [0.3, 0.4) is 0 Å². The minimum atomic E-state index is 0.337. The molecule has 1 N–H and O–H groups in total. The summed E-state index contributed by atoms with van der Waals surface area (Å²) in [5.74, 6) is 1.11. The van der Waals surface area contributed by atoms with Gasteiger partial charge in [-0.3, -0.25) is 4.90 Å². The fourth-order valence-corrected chi connectivity index (χ4v) is 2.48. The monoisotopic (exact) mass is 250 g/mol. The molecule has 1 saturated heterocycles. The fourth-order valence-electron chi connectivity index (χ4n) is 2.48. The van der Waals surface area contributed by atoms with E-state index in [0.29, 0.717) is 11.5 Å². The number of nitrogens with zero attached hydrogens (tertiary/aromatic N) is 3. The predicted octanol–water partition coefficient (Wildman–Crippen LogP) is 1.51. The molecule has 0 radical (unpaired) electrons. The van der Waals surface area contributed by atoms with Crippen LogP contribution in [0.15, 0.2) is 12.4 Å². The first kappa shape index (κ1) is 13.6. The molecule has 1 fully saturated rings. The molecule has 1 aromatic heterocycles. The number of rotatable bonds is 3. The van der Waals surface area contributed by atoms with Crippen LogP contribution < -0.4 is 5.32 Å². The van der Waals surface area contributed by atoms with Crippen molar-refractivity contribution in [3.63, 3.8) is 0 Å². The third-order valence-electron chi connectivity index (χ3n) is 3.89. The maximum absolute atomic E-state index is 4.27. The first-order chi connectivity index (χ1) is 8.47. The van der Waals surface area contributed by atoms with Gasteiger partial charge in [0.15, 0.2) is 0 Å². The summed E-state index contributed by atoms with van der Waals surface area (Å²) in [5.41, 5.74) is 0.337. The Morgan fingerprint density at radius 3 is 2.78 bits per heavy atom. The highest BCUT2D eigenvalue weighted by Gasteiger charge is 2.28. The molecule has 2 heterocycles. The van der Waals surface area contributed by atoms with Crippen molar-refractivity contribution in [1.29, 1.82) is 0 Å². The summed E-state index contributed by atoms with van der Waals surface area (Å²) in [6.07, 6.45) is 3.95. The van der Waals surface area contributed by atoms with Gasteiger partial charge in [-0.1, -0.05) is 20.8 Å². The molecule has 1 aromatic rings. The van der Waals surface area contributed by atoms with Gasteiger partial charge in [0, 0.05) is 51.2 Å². The second-order valence-corrected chi connectivity index (χ2v) is 6.34. The number of aromatic nitrogens is 2. The van der Waals surface area contributed by atoms with Crippen molar-refractivity contribution in [2.75, 3.05) is 26.2 Å². The summed E-state index contributed by atoms with van der Waals surface area (Å²) in [5, 5.41) is 3.63. The van der Waals surface area contributed by atoms with Crippen molar-refractivity contribution in [3.05, 3.63) is 18.2 Å². The van der Waals surface area contributed by atoms with Gasteiger partial charge in [-0.05, 0) is 12.3 Å². The van der Waals surface area contributed by atoms with E-state index in [0.717, 1.165) is 38.5 Å². The first-order valence-corrected chi connectivity index (χ1v) is 6.90. The number of hydrogen-bond donors (Lipinski definition) is 1. The third kappa shape index (κ3) is 3.33. The zero-order valence-corrected chi connectivity index (χ0v) is 12.1. The molecule has 0 saturated carbocycles. The standard InChI is InChI=1S/C14H26N4/c1-12-15-6-8-18(12)10-9-17-7-5-16-13(11-17)14(2,3)4/h6,8,13,16H,5,7,9-11H2,1-4H3. The second-order valence-electron chi connectivity index (χ2n) is 6.34. The Balaban J connectivity index is 1.85. The molecule has 0 aromatic carbocycles. The van der Waals surface area contributed by atoms with Gasteiger partial charge in [0.25, 0.3) is 0 Å². The molecular formula is C14H26N4. The molecule has 102 valence electrons. The summed E-state index contributed by atoms with van der Waals surface area (Å²) in [6.45, 7) is 14.6. The molecule has 0 amide bonds. The van der Waals surface area contributed by atoms with Crippen molar-refractivity contribution in [3.8, 4) is 0 Å². The number of nitrogens with one attached hydrogen (secondary N) is 1. The SMILES string of the molecule is Cc1nccn1CCN1CCNC(C(C)(C)C)C1. The summed E-state index contributed by atoms with van der Waals surface area (Å²) < 4.78 is 2.23. The van der Waals surface area contributed by atoms with Crippen molar-refractivity contribution in [1.82, 2.24) is 19.8 Å². The Morgan fingerprint density at radius 2 is 2.17 bits per heavy atom. The van der Waals surface area contributed by atoms with Gasteiger partial charge in [0.1, 0.15) is 5.82 Å². The molecule has 0 spiro atoms. The second kappa shape index (κ2) is 5.41. The average Bonchev–Trinajstić information content (AvgIpc) is 2.72. The number of piperazine rings is 1. The predicted molar refractivity (Wildman–Crippen MR) is 74.6 cm³/mol. The maximum atomic E-state index is 4.27. The van der Waals surface area contributed by atoms with Gasteiger partial charge in [-0.15, -0.1) is 0 Å². The van der Waals surface area contributed by atoms with Crippen LogP contribution in [-0.2, 0) is 6.54 Å². The van der Waals surface area contributed by atoms with Crippen LogP contribution in [0, 0.1) is 12.3 Å². The van der Waals surface area contributed by atoms with Crippen molar-refractivity contribution in [2.24, 2.45) is 5.41 Å². The van der Waals surface area contributed by atoms with E-state index in [1.807, 2.05) is 6.20 Å². The van der Waals surface area contributed by atoms with Crippen molar-refractivity contribution < 1.29 is 0 Å². The number of aryl methyl sites for hydroxylation is 1. The zero-order valence-electron chi connectivity index (χ0n) is 12.1. The molecule has 0 aliphatic carbocycles. The lowest BCUT2D eigenvalue weighted by Crippen LogP contribution is -2.56. The smallest absolute Gasteiger partial charge is 0.105 e. The Bertz CT molecular complexity index is 377. The fraction of sp³-hybridized carbons (Fsp3) is 0.786. The lowest BCUT2D eigenvalue weighted by Gasteiger charge is -2.40. The molecule has 18 heavy (non-hydrogen) atoms. The average molecular weight is 250 g/mol. The van der Waals surface area contributed by atoms with Crippen LogP contribution in [0.25, 0.3) is 0 Å². The van der Waals surface area contributed by atoms with Gasteiger partial charge in [-0.2, -0.15) is 0 Å². The summed E-state index contributed by atoms with van der Waals surface area (Å²) in [7, 11) is 0. The van der Waals surface area contributed by atoms with Crippen molar-refractivity contribution in [2.45, 2.75) is 40.3 Å². The van der Waals surface area contributed by atoms with E-state index in [9.17, 15) is 0 Å². The van der Waals surface area contributed by atoms with Gasteiger partial charge in [0.05, 0.1) is 0 Å². The topological polar surface area (TPSA) is 33.1 Å². The number of hydrogen-bond acceptors (Lipinski definition) is 3. The van der Waals surface area contributed by atoms with E-state index in [1.54, 1.807) is 0 Å². The van der Waals surface area contributed by atoms with Crippen LogP contribution in [0.2, 0.25) is 0 Å². The molecule has 4 heteroatoms. The highest BCUT2D eigenvalue weighted by atomic mass is 15.2. The summed E-state index contributed by atoms with van der Waals surface area (Å²) >= 11 is 0. The Labute approximate surface area is 110 Å². The Morgan fingerprint density at radius 1 is 1.39 bits per heavy atom. The van der Waals surface area contributed by atoms with E-state index in [-0.39, 0.29) is 0 Å². The minimum Gasteiger partial charge on any atom is -0.334 e. The Hall–Kier alpha value is -0.870. The Kier molecular flexibility index (Phi) is 4.07. The van der Waals surface area contributed by atoms with E-state index in [1.165, 1.54) is 0 Å². The summed E-state index contributed by atoms with van der Waals surface area (Å²) in [6, 6.07) is 0.593. The van der Waals surface area contributed by atoms with Gasteiger partial charge in [-0.25, -0.2) is 4.98 Å². The largest absolute Gasteiger partial charge is 0.334 e. The minimum absolute atomic E-state index is 0.337. The van der Waals surface area contributed by atoms with Gasteiger partial charge in [0.2, 0.25) is 0 Å². The van der Waals surface area contributed by atoms with Crippen LogP contribution in [0.5, 0.6) is 0 Å². The van der Waals surface area contributed by atoms with Gasteiger partial charge >= 0.3 is 0 Å². The lowest BCUT2D eigenvalue weighted by molar-refractivity contribution is 0.131. The van der Waals surface area contributed by atoms with Crippen molar-refractivity contribution >= 4 is 0 Å². The molecule has 0 bridgehead atoms. The zero-order chi connectivity index (χ0) is 13.2. The molecule has 1 aliphatic rings. The van der Waals surface area contributed by atoms with Crippen LogP contribution >= 0.6 is 0 Å². The summed E-state index contributed by atoms with van der Waals surface area (Å²) in [4.78, 5) is 6.83. The lowest BCUT2D eigenvalue weighted by atomic mass is 9.85. The van der Waals surface area contributed by atoms with Gasteiger partial charge < -0.3 is 9.88 Å². The van der Waals surface area contributed by atoms with E-state index in [4.69, 9.17) is 0 Å². The van der Waals surface area contributed by atoms with Crippen LogP contribution in [-0.4, -0.2) is 46.7 Å². The molecule has 1 aliphatic heterocycles. The highest BCUT2D eigenvalue weighted by molar-refractivity contribution is 4.90. The van der Waals surface area contributed by atoms with Crippen LogP contribution in [0.4, 0.5) is 0 Å². The third-order valence-corrected chi connectivity index (χ3v) is 3.89. The molecular weight excluding hydrogens is 224 g/mol. The highest BCUT2D eigenvalue weighted by Crippen LogP contribution is 2.21. The van der Waals surface area contributed by atoms with E-state index < -0.39 is 0 Å². The first-order valence-electron chi connectivity index (χ1n) is 6.90. The quantitative estimate of drug-likeness (QED) is 0.883. The van der Waals surface area contributed by atoms with E-state index in [2.05, 4.69) is 53.7 Å². The normalized spacial score (nSPS) is 22.3. The number of imidazole rings is 1. The molecule has 2 rings (SSSR count). The van der Waals surface area contributed by atoms with E-state index >= 15 is 0 Å². The molecule has 1 unspecified atom stereocenters.